The molecule has 0 rings (SSSR count). The van der Waals surface area contributed by atoms with Gasteiger partial charge in [0.15, 0.2) is 0 Å². The molecule has 0 aliphatic carbocycles. The molecule has 190 valence electrons. The second kappa shape index (κ2) is 16.5. The lowest BCUT2D eigenvalue weighted by atomic mass is 9.90. The van der Waals surface area contributed by atoms with Crippen molar-refractivity contribution >= 4 is 11.9 Å². The Hall–Kier alpha value is -1.10. The molecular weight excluding hydrogens is 402 g/mol. The molecule has 0 radical (unpaired) electrons. The highest BCUT2D eigenvalue weighted by molar-refractivity contribution is 5.82. The number of hydrogen-bond acceptors (Lipinski definition) is 3. The number of carboxylic acids is 2. The number of nitrogens with zero attached hydrogens (tertiary/aromatic N) is 1. The molecule has 0 spiro atoms. The van der Waals surface area contributed by atoms with Crippen LogP contribution in [-0.4, -0.2) is 47.2 Å². The summed E-state index contributed by atoms with van der Waals surface area (Å²) in [5.74, 6) is -1.54. The van der Waals surface area contributed by atoms with E-state index in [-0.39, 0.29) is 10.5 Å². The van der Waals surface area contributed by atoms with Gasteiger partial charge in [-0.05, 0) is 32.6 Å². The highest BCUT2D eigenvalue weighted by Crippen LogP contribution is 2.30. The van der Waals surface area contributed by atoms with Gasteiger partial charge in [-0.1, -0.05) is 97.3 Å². The van der Waals surface area contributed by atoms with E-state index in [9.17, 15) is 14.7 Å². The van der Waals surface area contributed by atoms with Gasteiger partial charge in [-0.25, -0.2) is 0 Å². The van der Waals surface area contributed by atoms with Crippen LogP contribution in [0.1, 0.15) is 130 Å². The Labute approximate surface area is 198 Å². The molecular formula is C27H53NO4. The third-order valence-electron chi connectivity index (χ3n) is 7.71. The molecule has 0 saturated carbocycles. The SMILES string of the molecule is CC(C)CCCCCCCCCCCCCCCC(C)[N+](C)(C)C(C)(CC(=O)O)C(=O)[O-]. The van der Waals surface area contributed by atoms with E-state index in [1.807, 2.05) is 21.0 Å². The molecule has 0 aromatic rings. The van der Waals surface area contributed by atoms with Gasteiger partial charge < -0.3 is 19.5 Å². The number of aliphatic carboxylic acids is 2. The Balaban J connectivity index is 3.83. The first-order valence-corrected chi connectivity index (χ1v) is 13.2. The number of quaternary nitrogens is 1. The maximum absolute atomic E-state index is 11.7. The molecule has 5 heteroatoms. The Morgan fingerprint density at radius 3 is 1.41 bits per heavy atom. The molecule has 0 bridgehead atoms. The monoisotopic (exact) mass is 455 g/mol. The Morgan fingerprint density at radius 1 is 0.750 bits per heavy atom. The lowest BCUT2D eigenvalue weighted by Gasteiger charge is -2.50. The van der Waals surface area contributed by atoms with Crippen molar-refractivity contribution in [3.63, 3.8) is 0 Å². The van der Waals surface area contributed by atoms with Crippen molar-refractivity contribution < 1.29 is 24.3 Å². The van der Waals surface area contributed by atoms with E-state index in [1.54, 1.807) is 0 Å². The topological polar surface area (TPSA) is 77.4 Å². The van der Waals surface area contributed by atoms with Crippen LogP contribution in [0, 0.1) is 5.92 Å². The number of carboxylic acid groups (broad SMARTS) is 2. The van der Waals surface area contributed by atoms with Gasteiger partial charge in [0.25, 0.3) is 0 Å². The average molecular weight is 456 g/mol. The molecule has 0 aliphatic heterocycles. The van der Waals surface area contributed by atoms with Crippen LogP contribution in [-0.2, 0) is 9.59 Å². The maximum atomic E-state index is 11.7. The normalized spacial score (nSPS) is 15.0. The highest BCUT2D eigenvalue weighted by atomic mass is 16.4. The van der Waals surface area contributed by atoms with Crippen LogP contribution in [0.4, 0.5) is 0 Å². The van der Waals surface area contributed by atoms with E-state index in [2.05, 4.69) is 13.8 Å². The smallest absolute Gasteiger partial charge is 0.310 e. The number of carbonyl (C=O) groups is 2. The maximum Gasteiger partial charge on any atom is 0.310 e. The summed E-state index contributed by atoms with van der Waals surface area (Å²) in [5, 5.41) is 20.9. The van der Waals surface area contributed by atoms with E-state index in [0.29, 0.717) is 0 Å². The molecule has 2 unspecified atom stereocenters. The summed E-state index contributed by atoms with van der Waals surface area (Å²) in [6.45, 7) is 8.13. The Bertz CT molecular complexity index is 518. The van der Waals surface area contributed by atoms with E-state index in [4.69, 9.17) is 5.11 Å². The van der Waals surface area contributed by atoms with E-state index in [1.165, 1.54) is 84.0 Å². The minimum absolute atomic E-state index is 0.0580. The van der Waals surface area contributed by atoms with Gasteiger partial charge in [-0.15, -0.1) is 0 Å². The van der Waals surface area contributed by atoms with Crippen molar-refractivity contribution in [3.8, 4) is 0 Å². The Morgan fingerprint density at radius 2 is 1.09 bits per heavy atom. The van der Waals surface area contributed by atoms with Gasteiger partial charge in [-0.3, -0.25) is 4.79 Å². The zero-order chi connectivity index (χ0) is 24.6. The fourth-order valence-corrected chi connectivity index (χ4v) is 4.55. The summed E-state index contributed by atoms with van der Waals surface area (Å²) >= 11 is 0. The Kier molecular flexibility index (Phi) is 15.9. The lowest BCUT2D eigenvalue weighted by molar-refractivity contribution is -0.953. The summed E-state index contributed by atoms with van der Waals surface area (Å²) in [5.41, 5.74) is -1.43. The number of rotatable bonds is 21. The van der Waals surface area contributed by atoms with Crippen molar-refractivity contribution in [1.82, 2.24) is 0 Å². The van der Waals surface area contributed by atoms with Crippen molar-refractivity contribution in [2.24, 2.45) is 5.92 Å². The predicted octanol–water partition coefficient (Wildman–Crippen LogP) is 5.94. The molecule has 0 aromatic heterocycles. The first-order valence-electron chi connectivity index (χ1n) is 13.2. The molecule has 0 saturated heterocycles. The van der Waals surface area contributed by atoms with Gasteiger partial charge in [0.05, 0.1) is 20.1 Å². The van der Waals surface area contributed by atoms with Gasteiger partial charge in [-0.2, -0.15) is 0 Å². The first kappa shape index (κ1) is 30.9. The summed E-state index contributed by atoms with van der Waals surface area (Å²) < 4.78 is 0.124. The molecule has 32 heavy (non-hydrogen) atoms. The minimum atomic E-state index is -1.43. The largest absolute Gasteiger partial charge is 0.544 e. The highest BCUT2D eigenvalue weighted by Gasteiger charge is 2.47. The van der Waals surface area contributed by atoms with Crippen molar-refractivity contribution in [2.75, 3.05) is 14.1 Å². The zero-order valence-corrected chi connectivity index (χ0v) is 22.1. The van der Waals surface area contributed by atoms with Crippen molar-refractivity contribution in [3.05, 3.63) is 0 Å². The van der Waals surface area contributed by atoms with Gasteiger partial charge in [0, 0.05) is 0 Å². The number of likely N-dealkylation sites (N-methyl/N-ethyl adjacent to an activating group) is 1. The average Bonchev–Trinajstić information content (AvgIpc) is 2.69. The lowest BCUT2D eigenvalue weighted by Crippen LogP contribution is -2.69. The number of unbranched alkanes of at least 4 members (excludes halogenated alkanes) is 12. The summed E-state index contributed by atoms with van der Waals surface area (Å²) in [6, 6.07) is 0.0580. The summed E-state index contributed by atoms with van der Waals surface area (Å²) in [6.07, 6.45) is 18.9. The van der Waals surface area contributed by atoms with Crippen LogP contribution in [0.15, 0.2) is 0 Å². The molecule has 0 fully saturated rings. The van der Waals surface area contributed by atoms with Crippen LogP contribution in [0.25, 0.3) is 0 Å². The predicted molar refractivity (Wildman–Crippen MR) is 131 cm³/mol. The van der Waals surface area contributed by atoms with E-state index in [0.717, 1.165) is 25.2 Å². The quantitative estimate of drug-likeness (QED) is 0.172. The fraction of sp³-hybridized carbons (Fsp3) is 0.926. The second-order valence-electron chi connectivity index (χ2n) is 11.1. The van der Waals surface area contributed by atoms with Crippen molar-refractivity contribution in [1.29, 1.82) is 0 Å². The molecule has 0 aliphatic rings. The van der Waals surface area contributed by atoms with Gasteiger partial charge in [0.2, 0.25) is 0 Å². The van der Waals surface area contributed by atoms with E-state index >= 15 is 0 Å². The summed E-state index contributed by atoms with van der Waals surface area (Å²) in [7, 11) is 3.63. The van der Waals surface area contributed by atoms with Gasteiger partial charge >= 0.3 is 5.97 Å². The van der Waals surface area contributed by atoms with E-state index < -0.39 is 23.9 Å². The van der Waals surface area contributed by atoms with Crippen molar-refractivity contribution in [2.45, 2.75) is 142 Å². The van der Waals surface area contributed by atoms with Gasteiger partial charge in [0.1, 0.15) is 17.9 Å². The minimum Gasteiger partial charge on any atom is -0.544 e. The zero-order valence-electron chi connectivity index (χ0n) is 22.1. The molecule has 2 atom stereocenters. The summed E-state index contributed by atoms with van der Waals surface area (Å²) in [4.78, 5) is 22.9. The van der Waals surface area contributed by atoms with Crippen LogP contribution in [0.2, 0.25) is 0 Å². The fourth-order valence-electron chi connectivity index (χ4n) is 4.55. The number of hydrogen-bond donors (Lipinski definition) is 1. The molecule has 5 nitrogen and oxygen atoms in total. The van der Waals surface area contributed by atoms with Crippen LogP contribution >= 0.6 is 0 Å². The molecule has 0 amide bonds. The standard InChI is InChI=1S/C27H53NO4/c1-23(2)20-18-16-14-12-10-8-7-9-11-13-15-17-19-21-24(3)28(5,6)27(4,26(31)32)22-25(29)30/h23-24H,7-22H2,1-6H3,(H-,29,30,31,32). The van der Waals surface area contributed by atoms with Crippen LogP contribution < -0.4 is 5.11 Å². The number of carbonyl (C=O) groups excluding carboxylic acids is 1. The third-order valence-corrected chi connectivity index (χ3v) is 7.71. The molecule has 0 heterocycles. The third kappa shape index (κ3) is 12.2. The van der Waals surface area contributed by atoms with Crippen LogP contribution in [0.5, 0.6) is 0 Å². The first-order chi connectivity index (χ1) is 14.9. The molecule has 0 aromatic carbocycles. The molecule has 1 N–H and O–H groups in total. The van der Waals surface area contributed by atoms with Crippen LogP contribution in [0.3, 0.4) is 0 Å². The second-order valence-corrected chi connectivity index (χ2v) is 11.1.